The zero-order valence-corrected chi connectivity index (χ0v) is 20.4. The number of carbonyl (C=O) groups is 1. The minimum atomic E-state index is -0.170. The maximum Gasteiger partial charge on any atom is 0.258 e. The number of thioether (sulfide) groups is 1. The van der Waals surface area contributed by atoms with Gasteiger partial charge in [0.2, 0.25) is 5.91 Å². The van der Waals surface area contributed by atoms with E-state index in [1.165, 1.54) is 17.3 Å². The Balaban J connectivity index is 1.49. The highest BCUT2D eigenvalue weighted by Gasteiger charge is 2.44. The summed E-state index contributed by atoms with van der Waals surface area (Å²) in [4.78, 5) is 31.6. The van der Waals surface area contributed by atoms with Gasteiger partial charge in [-0.2, -0.15) is 0 Å². The number of para-hydroxylation sites is 2. The molecule has 1 fully saturated rings. The minimum absolute atomic E-state index is 0.0524. The van der Waals surface area contributed by atoms with E-state index in [4.69, 9.17) is 9.72 Å². The number of nitrogens with one attached hydrogen (secondary N) is 1. The van der Waals surface area contributed by atoms with Gasteiger partial charge >= 0.3 is 0 Å². The van der Waals surface area contributed by atoms with Gasteiger partial charge in [-0.05, 0) is 43.9 Å². The standard InChI is InChI=1S/C27H29N3O3S/c1-3-30-25(32)23-24(19-11-5-4-10-18(19)16-27(23)14-8-9-15-27)29-26(30)34-17-22(31)28-20-12-6-7-13-21(20)33-2/h4-7,10-13H,3,8-9,14-17H2,1-2H3,(H,28,31). The second-order valence-corrected chi connectivity index (χ2v) is 9.97. The Morgan fingerprint density at radius 3 is 2.65 bits per heavy atom. The summed E-state index contributed by atoms with van der Waals surface area (Å²) in [6.07, 6.45) is 5.26. The van der Waals surface area contributed by atoms with Gasteiger partial charge in [0.25, 0.3) is 5.56 Å². The summed E-state index contributed by atoms with van der Waals surface area (Å²) in [6.45, 7) is 2.49. The molecule has 5 rings (SSSR count). The van der Waals surface area contributed by atoms with Crippen molar-refractivity contribution in [2.45, 2.75) is 56.1 Å². The van der Waals surface area contributed by atoms with E-state index in [-0.39, 0.29) is 22.6 Å². The van der Waals surface area contributed by atoms with Crippen LogP contribution in [0.3, 0.4) is 0 Å². The van der Waals surface area contributed by atoms with E-state index >= 15 is 0 Å². The Morgan fingerprint density at radius 1 is 1.15 bits per heavy atom. The van der Waals surface area contributed by atoms with Gasteiger partial charge in [-0.1, -0.05) is 61.0 Å². The molecule has 2 aliphatic rings. The Bertz CT molecular complexity index is 1290. The number of fused-ring (bicyclic) bond motifs is 4. The monoisotopic (exact) mass is 475 g/mol. The van der Waals surface area contributed by atoms with Gasteiger partial charge in [-0.25, -0.2) is 4.98 Å². The fourth-order valence-electron chi connectivity index (χ4n) is 5.50. The third-order valence-electron chi connectivity index (χ3n) is 7.06. The average molecular weight is 476 g/mol. The molecule has 0 radical (unpaired) electrons. The molecule has 0 unspecified atom stereocenters. The molecule has 1 N–H and O–H groups in total. The van der Waals surface area contributed by atoms with E-state index in [9.17, 15) is 9.59 Å². The molecule has 6 nitrogen and oxygen atoms in total. The van der Waals surface area contributed by atoms with Crippen LogP contribution in [0.1, 0.15) is 43.7 Å². The molecule has 1 aromatic heterocycles. The number of benzene rings is 2. The first-order valence-electron chi connectivity index (χ1n) is 11.9. The number of hydrogen-bond donors (Lipinski definition) is 1. The minimum Gasteiger partial charge on any atom is -0.495 e. The van der Waals surface area contributed by atoms with Gasteiger partial charge in [0, 0.05) is 17.5 Å². The molecule has 176 valence electrons. The summed E-state index contributed by atoms with van der Waals surface area (Å²) >= 11 is 1.30. The highest BCUT2D eigenvalue weighted by Crippen LogP contribution is 2.49. The second-order valence-electron chi connectivity index (χ2n) is 9.03. The number of amides is 1. The molecule has 0 atom stereocenters. The van der Waals surface area contributed by atoms with Gasteiger partial charge < -0.3 is 10.1 Å². The highest BCUT2D eigenvalue weighted by atomic mass is 32.2. The lowest BCUT2D eigenvalue weighted by Gasteiger charge is -2.36. The van der Waals surface area contributed by atoms with Crippen molar-refractivity contribution < 1.29 is 9.53 Å². The van der Waals surface area contributed by atoms with Crippen LogP contribution in [0, 0.1) is 0 Å². The molecule has 3 aromatic rings. The molecule has 0 aliphatic heterocycles. The topological polar surface area (TPSA) is 73.2 Å². The van der Waals surface area contributed by atoms with Crippen molar-refractivity contribution in [2.75, 3.05) is 18.2 Å². The molecule has 1 heterocycles. The van der Waals surface area contributed by atoms with E-state index < -0.39 is 0 Å². The molecule has 1 amide bonds. The van der Waals surface area contributed by atoms with Crippen LogP contribution in [0.2, 0.25) is 0 Å². The molecular formula is C27H29N3O3S. The molecular weight excluding hydrogens is 446 g/mol. The van der Waals surface area contributed by atoms with Crippen molar-refractivity contribution in [3.05, 3.63) is 70.0 Å². The SMILES string of the molecule is CCn1c(SCC(=O)Nc2ccccc2OC)nc2c(c1=O)C1(CCCC1)Cc1ccccc1-2. The van der Waals surface area contributed by atoms with Gasteiger partial charge in [-0.15, -0.1) is 0 Å². The van der Waals surface area contributed by atoms with Crippen molar-refractivity contribution >= 4 is 23.4 Å². The number of methoxy groups -OCH3 is 1. The number of hydrogen-bond acceptors (Lipinski definition) is 5. The predicted molar refractivity (Wildman–Crippen MR) is 136 cm³/mol. The van der Waals surface area contributed by atoms with Gasteiger partial charge in [0.05, 0.1) is 29.8 Å². The first-order valence-corrected chi connectivity index (χ1v) is 12.8. The van der Waals surface area contributed by atoms with Crippen LogP contribution in [0.15, 0.2) is 58.5 Å². The van der Waals surface area contributed by atoms with Crippen molar-refractivity contribution in [3.8, 4) is 17.0 Å². The van der Waals surface area contributed by atoms with Crippen LogP contribution in [0.5, 0.6) is 5.75 Å². The number of anilines is 1. The van der Waals surface area contributed by atoms with Crippen molar-refractivity contribution in [2.24, 2.45) is 0 Å². The number of nitrogens with zero attached hydrogens (tertiary/aromatic N) is 2. The number of aromatic nitrogens is 2. The van der Waals surface area contributed by atoms with Gasteiger partial charge in [0.1, 0.15) is 5.75 Å². The first-order chi connectivity index (χ1) is 16.6. The fourth-order valence-corrected chi connectivity index (χ4v) is 6.35. The van der Waals surface area contributed by atoms with Crippen LogP contribution < -0.4 is 15.6 Å². The maximum atomic E-state index is 13.8. The van der Waals surface area contributed by atoms with Crippen LogP contribution in [0.25, 0.3) is 11.3 Å². The third-order valence-corrected chi connectivity index (χ3v) is 8.03. The number of carbonyl (C=O) groups excluding carboxylic acids is 1. The summed E-state index contributed by atoms with van der Waals surface area (Å²) < 4.78 is 7.07. The van der Waals surface area contributed by atoms with E-state index in [1.54, 1.807) is 23.8 Å². The van der Waals surface area contributed by atoms with E-state index in [2.05, 4.69) is 23.5 Å². The van der Waals surface area contributed by atoms with Gasteiger partial charge in [-0.3, -0.25) is 14.2 Å². The summed E-state index contributed by atoms with van der Waals surface area (Å²) in [5, 5.41) is 3.49. The lowest BCUT2D eigenvalue weighted by molar-refractivity contribution is -0.113. The quantitative estimate of drug-likeness (QED) is 0.400. The van der Waals surface area contributed by atoms with Crippen molar-refractivity contribution in [3.63, 3.8) is 0 Å². The lowest BCUT2D eigenvalue weighted by Crippen LogP contribution is -2.40. The van der Waals surface area contributed by atoms with Gasteiger partial charge in [0.15, 0.2) is 5.16 Å². The van der Waals surface area contributed by atoms with E-state index in [0.29, 0.717) is 23.1 Å². The Hall–Kier alpha value is -3.06. The largest absolute Gasteiger partial charge is 0.495 e. The predicted octanol–water partition coefficient (Wildman–Crippen LogP) is 5.04. The molecule has 7 heteroatoms. The molecule has 1 spiro atoms. The highest BCUT2D eigenvalue weighted by molar-refractivity contribution is 7.99. The zero-order valence-electron chi connectivity index (χ0n) is 19.6. The molecule has 1 saturated carbocycles. The van der Waals surface area contributed by atoms with Crippen molar-refractivity contribution in [1.29, 1.82) is 0 Å². The Morgan fingerprint density at radius 2 is 1.88 bits per heavy atom. The van der Waals surface area contributed by atoms with Crippen LogP contribution in [0.4, 0.5) is 5.69 Å². The normalized spacial score (nSPS) is 15.6. The van der Waals surface area contributed by atoms with Crippen LogP contribution in [-0.4, -0.2) is 28.3 Å². The van der Waals surface area contributed by atoms with Crippen LogP contribution in [-0.2, 0) is 23.2 Å². The van der Waals surface area contributed by atoms with E-state index in [1.807, 2.05) is 25.1 Å². The van der Waals surface area contributed by atoms with Crippen molar-refractivity contribution in [1.82, 2.24) is 9.55 Å². The molecule has 34 heavy (non-hydrogen) atoms. The number of ether oxygens (including phenoxy) is 1. The zero-order chi connectivity index (χ0) is 23.7. The van der Waals surface area contributed by atoms with Crippen LogP contribution >= 0.6 is 11.8 Å². The summed E-state index contributed by atoms with van der Waals surface area (Å²) in [5.41, 5.74) is 4.57. The third kappa shape index (κ3) is 3.92. The summed E-state index contributed by atoms with van der Waals surface area (Å²) in [5.74, 6) is 0.587. The second kappa shape index (κ2) is 9.29. The summed E-state index contributed by atoms with van der Waals surface area (Å²) in [6, 6.07) is 15.6. The molecule has 2 aliphatic carbocycles. The average Bonchev–Trinajstić information content (AvgIpc) is 3.31. The first kappa shape index (κ1) is 22.7. The molecule has 2 aromatic carbocycles. The Kier molecular flexibility index (Phi) is 6.21. The smallest absolute Gasteiger partial charge is 0.258 e. The lowest BCUT2D eigenvalue weighted by atomic mass is 9.68. The molecule has 0 saturated heterocycles. The maximum absolute atomic E-state index is 13.8. The fraction of sp³-hybridized carbons (Fsp3) is 0.370. The number of rotatable bonds is 6. The molecule has 0 bridgehead atoms. The Labute approximate surface area is 203 Å². The van der Waals surface area contributed by atoms with E-state index in [0.717, 1.165) is 48.9 Å². The summed E-state index contributed by atoms with van der Waals surface area (Å²) in [7, 11) is 1.58.